The summed E-state index contributed by atoms with van der Waals surface area (Å²) in [6, 6.07) is 14.5. The van der Waals surface area contributed by atoms with Crippen molar-refractivity contribution in [2.24, 2.45) is 11.8 Å². The van der Waals surface area contributed by atoms with Crippen molar-refractivity contribution in [2.45, 2.75) is 75.3 Å². The molecule has 0 unspecified atom stereocenters. The van der Waals surface area contributed by atoms with Crippen molar-refractivity contribution >= 4 is 41.0 Å². The van der Waals surface area contributed by atoms with Gasteiger partial charge in [0, 0.05) is 26.1 Å². The van der Waals surface area contributed by atoms with Gasteiger partial charge in [0.15, 0.2) is 0 Å². The number of hydrogen-bond donors (Lipinski definition) is 2. The Labute approximate surface area is 286 Å². The number of halogens is 1. The summed E-state index contributed by atoms with van der Waals surface area (Å²) in [5, 5.41) is 12.8. The SMILES string of the molecule is C=CCCC(=O)N[C@@H](C)[C@H](OC(=O)[C@@H]1[C@@H]2CC[C@]3(O2)[C@H](C(=O)N(CC=C)c2ccccc2Cl)N(CCCCO)C(=O)[C@@H]13)c1ccccc1. The van der Waals surface area contributed by atoms with E-state index >= 15 is 0 Å². The molecule has 0 saturated carbocycles. The molecule has 3 heterocycles. The second-order valence-corrected chi connectivity index (χ2v) is 13.1. The lowest BCUT2D eigenvalue weighted by Gasteiger charge is -2.37. The average Bonchev–Trinajstić information content (AvgIpc) is 3.73. The zero-order valence-corrected chi connectivity index (χ0v) is 28.0. The van der Waals surface area contributed by atoms with Gasteiger partial charge in [0.25, 0.3) is 5.91 Å². The van der Waals surface area contributed by atoms with Crippen molar-refractivity contribution in [3.05, 3.63) is 90.5 Å². The number of benzene rings is 2. The number of carbonyl (C=O) groups is 4. The molecule has 11 heteroatoms. The van der Waals surface area contributed by atoms with E-state index in [1.807, 2.05) is 30.3 Å². The van der Waals surface area contributed by atoms with Crippen LogP contribution < -0.4 is 10.2 Å². The summed E-state index contributed by atoms with van der Waals surface area (Å²) in [6.07, 6.45) is 4.34. The molecule has 1 spiro atoms. The van der Waals surface area contributed by atoms with Crippen molar-refractivity contribution in [3.8, 4) is 0 Å². The molecule has 5 rings (SSSR count). The van der Waals surface area contributed by atoms with E-state index in [0.717, 1.165) is 0 Å². The number of ether oxygens (including phenoxy) is 2. The van der Waals surface area contributed by atoms with Crippen LogP contribution >= 0.6 is 11.6 Å². The first-order valence-electron chi connectivity index (χ1n) is 16.6. The topological polar surface area (TPSA) is 125 Å². The summed E-state index contributed by atoms with van der Waals surface area (Å²) in [5.74, 6) is -3.44. The van der Waals surface area contributed by atoms with Gasteiger partial charge in [-0.3, -0.25) is 19.2 Å². The fourth-order valence-electron chi connectivity index (χ4n) is 7.53. The Balaban J connectivity index is 1.47. The molecule has 0 aliphatic carbocycles. The molecule has 2 N–H and O–H groups in total. The summed E-state index contributed by atoms with van der Waals surface area (Å²) in [5.41, 5.74) is -0.0859. The monoisotopic (exact) mass is 677 g/mol. The molecule has 0 aromatic heterocycles. The number of aliphatic hydroxyl groups is 1. The molecule has 256 valence electrons. The minimum absolute atomic E-state index is 0.0614. The third-order valence-electron chi connectivity index (χ3n) is 9.62. The van der Waals surface area contributed by atoms with Crippen molar-refractivity contribution < 1.29 is 33.8 Å². The maximum absolute atomic E-state index is 14.6. The van der Waals surface area contributed by atoms with Crippen molar-refractivity contribution in [1.29, 1.82) is 0 Å². The third-order valence-corrected chi connectivity index (χ3v) is 9.94. The zero-order valence-electron chi connectivity index (χ0n) is 27.3. The van der Waals surface area contributed by atoms with E-state index in [9.17, 15) is 24.3 Å². The second-order valence-electron chi connectivity index (χ2n) is 12.7. The lowest BCUT2D eigenvalue weighted by Crippen LogP contribution is -2.56. The highest BCUT2D eigenvalue weighted by Crippen LogP contribution is 2.59. The van der Waals surface area contributed by atoms with Crippen LogP contribution in [0.1, 0.15) is 57.1 Å². The number of aliphatic hydroxyl groups excluding tert-OH is 1. The van der Waals surface area contributed by atoms with Gasteiger partial charge in [-0.1, -0.05) is 66.2 Å². The molecule has 3 fully saturated rings. The van der Waals surface area contributed by atoms with Gasteiger partial charge in [0.05, 0.1) is 34.7 Å². The summed E-state index contributed by atoms with van der Waals surface area (Å²) >= 11 is 6.55. The summed E-state index contributed by atoms with van der Waals surface area (Å²) in [7, 11) is 0. The molecule has 10 nitrogen and oxygen atoms in total. The van der Waals surface area contributed by atoms with Gasteiger partial charge in [-0.2, -0.15) is 0 Å². The number of amides is 3. The number of para-hydroxylation sites is 1. The molecular weight excluding hydrogens is 634 g/mol. The minimum atomic E-state index is -1.25. The molecule has 2 bridgehead atoms. The molecule has 3 saturated heterocycles. The van der Waals surface area contributed by atoms with Crippen LogP contribution in [0.4, 0.5) is 5.69 Å². The van der Waals surface area contributed by atoms with Crippen LogP contribution in [0.3, 0.4) is 0 Å². The van der Waals surface area contributed by atoms with E-state index < -0.39 is 47.7 Å². The van der Waals surface area contributed by atoms with Crippen LogP contribution in [0.15, 0.2) is 79.9 Å². The van der Waals surface area contributed by atoms with Gasteiger partial charge < -0.3 is 29.7 Å². The van der Waals surface area contributed by atoms with E-state index in [1.165, 1.54) is 9.80 Å². The number of likely N-dealkylation sites (tertiary alicyclic amines) is 1. The highest BCUT2D eigenvalue weighted by atomic mass is 35.5. The van der Waals surface area contributed by atoms with Crippen LogP contribution in [0, 0.1) is 11.8 Å². The number of anilines is 1. The lowest BCUT2D eigenvalue weighted by molar-refractivity contribution is -0.162. The average molecular weight is 678 g/mol. The number of nitrogens with zero attached hydrogens (tertiary/aromatic N) is 2. The first-order valence-corrected chi connectivity index (χ1v) is 17.0. The van der Waals surface area contributed by atoms with Crippen LogP contribution in [-0.4, -0.2) is 77.2 Å². The Bertz CT molecular complexity index is 1520. The van der Waals surface area contributed by atoms with Gasteiger partial charge in [0.2, 0.25) is 11.8 Å². The number of hydrogen-bond acceptors (Lipinski definition) is 7. The predicted octanol–water partition coefficient (Wildman–Crippen LogP) is 4.76. The Morgan fingerprint density at radius 2 is 1.88 bits per heavy atom. The maximum Gasteiger partial charge on any atom is 0.313 e. The van der Waals surface area contributed by atoms with Gasteiger partial charge in [-0.15, -0.1) is 13.2 Å². The zero-order chi connectivity index (χ0) is 34.4. The molecule has 0 radical (unpaired) electrons. The van der Waals surface area contributed by atoms with E-state index in [2.05, 4.69) is 18.5 Å². The smallest absolute Gasteiger partial charge is 0.313 e. The van der Waals surface area contributed by atoms with Gasteiger partial charge in [0.1, 0.15) is 17.7 Å². The molecule has 3 aliphatic heterocycles. The molecule has 7 atom stereocenters. The normalized spacial score (nSPS) is 25.2. The molecule has 48 heavy (non-hydrogen) atoms. The van der Waals surface area contributed by atoms with E-state index in [0.29, 0.717) is 48.4 Å². The molecular formula is C37H44ClN3O7. The van der Waals surface area contributed by atoms with Crippen molar-refractivity contribution in [3.63, 3.8) is 0 Å². The number of carbonyl (C=O) groups excluding carboxylic acids is 4. The number of nitrogens with one attached hydrogen (secondary N) is 1. The Morgan fingerprint density at radius 1 is 1.15 bits per heavy atom. The van der Waals surface area contributed by atoms with E-state index in [1.54, 1.807) is 43.3 Å². The number of unbranched alkanes of at least 4 members (excludes halogenated alkanes) is 1. The Hall–Kier alpha value is -3.99. The summed E-state index contributed by atoms with van der Waals surface area (Å²) in [4.78, 5) is 59.0. The third kappa shape index (κ3) is 6.79. The quantitative estimate of drug-likeness (QED) is 0.149. The van der Waals surface area contributed by atoms with Gasteiger partial charge >= 0.3 is 5.97 Å². The first-order chi connectivity index (χ1) is 23.2. The molecule has 2 aromatic carbocycles. The largest absolute Gasteiger partial charge is 0.455 e. The van der Waals surface area contributed by atoms with Crippen LogP contribution in [0.25, 0.3) is 0 Å². The number of allylic oxidation sites excluding steroid dienone is 1. The van der Waals surface area contributed by atoms with Gasteiger partial charge in [-0.05, 0) is 56.7 Å². The fourth-order valence-corrected chi connectivity index (χ4v) is 7.77. The van der Waals surface area contributed by atoms with Crippen molar-refractivity contribution in [1.82, 2.24) is 10.2 Å². The molecule has 3 amide bonds. The number of rotatable bonds is 16. The number of fused-ring (bicyclic) bond motifs is 1. The minimum Gasteiger partial charge on any atom is -0.455 e. The number of esters is 1. The summed E-state index contributed by atoms with van der Waals surface area (Å²) in [6.45, 7) is 9.57. The Kier molecular flexibility index (Phi) is 11.4. The van der Waals surface area contributed by atoms with E-state index in [4.69, 9.17) is 21.1 Å². The predicted molar refractivity (Wildman–Crippen MR) is 182 cm³/mol. The van der Waals surface area contributed by atoms with Crippen LogP contribution in [-0.2, 0) is 28.7 Å². The fraction of sp³-hybridized carbons (Fsp3) is 0.459. The lowest BCUT2D eigenvalue weighted by atomic mass is 9.70. The highest BCUT2D eigenvalue weighted by molar-refractivity contribution is 6.34. The molecule has 2 aromatic rings. The maximum atomic E-state index is 14.6. The second kappa shape index (κ2) is 15.5. The first kappa shape index (κ1) is 35.3. The van der Waals surface area contributed by atoms with Crippen LogP contribution in [0.2, 0.25) is 5.02 Å². The Morgan fingerprint density at radius 3 is 2.56 bits per heavy atom. The molecule has 3 aliphatic rings. The van der Waals surface area contributed by atoms with Crippen molar-refractivity contribution in [2.75, 3.05) is 24.6 Å². The standard InChI is InChI=1S/C37H44ClN3O7/c1-4-6-18-29(43)39-24(3)32(25-14-8-7-9-15-25)47-36(46)30-28-19-20-37(48-28)31(30)34(44)41(22-12-13-23-42)33(37)35(45)40(21-5-2)27-17-11-10-16-26(27)38/h4-5,7-11,14-17,24,28,30-33,42H,1-2,6,12-13,18-23H2,3H3,(H,39,43)/t24-,28-,30+,31+,32-,33-,37+/m0/s1. The van der Waals surface area contributed by atoms with Gasteiger partial charge in [-0.25, -0.2) is 0 Å². The highest BCUT2D eigenvalue weighted by Gasteiger charge is 2.75. The van der Waals surface area contributed by atoms with E-state index in [-0.39, 0.29) is 43.8 Å². The van der Waals surface area contributed by atoms with Crippen LogP contribution in [0.5, 0.6) is 0 Å². The summed E-state index contributed by atoms with van der Waals surface area (Å²) < 4.78 is 12.8.